The van der Waals surface area contributed by atoms with Crippen LogP contribution in [-0.4, -0.2) is 10.7 Å². The van der Waals surface area contributed by atoms with Crippen molar-refractivity contribution in [2.45, 2.75) is 65.4 Å². The highest BCUT2D eigenvalue weighted by molar-refractivity contribution is 5.12. The summed E-state index contributed by atoms with van der Waals surface area (Å²) < 4.78 is 0. The minimum absolute atomic E-state index is 0.155. The number of rotatable bonds is 3. The molecule has 92 valence electrons. The molecule has 1 heteroatoms. The van der Waals surface area contributed by atoms with Gasteiger partial charge in [0.15, 0.2) is 0 Å². The molecule has 4 atom stereocenters. The molecule has 16 heavy (non-hydrogen) atoms. The van der Waals surface area contributed by atoms with E-state index in [-0.39, 0.29) is 5.41 Å². The lowest BCUT2D eigenvalue weighted by molar-refractivity contribution is -0.104. The minimum atomic E-state index is -0.425. The average Bonchev–Trinajstić information content (AvgIpc) is 2.70. The fourth-order valence-electron chi connectivity index (χ4n) is 4.07. The second kappa shape index (κ2) is 3.87. The van der Waals surface area contributed by atoms with Crippen LogP contribution in [0.4, 0.5) is 0 Å². The van der Waals surface area contributed by atoms with Crippen LogP contribution >= 0.6 is 0 Å². The van der Waals surface area contributed by atoms with E-state index in [9.17, 15) is 5.11 Å². The molecule has 0 saturated heterocycles. The van der Waals surface area contributed by atoms with E-state index in [0.29, 0.717) is 5.92 Å². The van der Waals surface area contributed by atoms with E-state index >= 15 is 0 Å². The Kier molecular flexibility index (Phi) is 2.94. The van der Waals surface area contributed by atoms with Crippen LogP contribution in [0.3, 0.4) is 0 Å². The smallest absolute Gasteiger partial charge is 0.0703 e. The van der Waals surface area contributed by atoms with Crippen LogP contribution in [0.5, 0.6) is 0 Å². The van der Waals surface area contributed by atoms with Crippen molar-refractivity contribution in [1.82, 2.24) is 0 Å². The van der Waals surface area contributed by atoms with Gasteiger partial charge >= 0.3 is 0 Å². The summed E-state index contributed by atoms with van der Waals surface area (Å²) in [7, 11) is 0. The third kappa shape index (κ3) is 1.64. The van der Waals surface area contributed by atoms with E-state index < -0.39 is 5.60 Å². The predicted molar refractivity (Wildman–Crippen MR) is 68.2 cm³/mol. The van der Waals surface area contributed by atoms with Gasteiger partial charge in [0.25, 0.3) is 0 Å². The van der Waals surface area contributed by atoms with E-state index in [2.05, 4.69) is 33.8 Å². The monoisotopic (exact) mass is 222 g/mol. The van der Waals surface area contributed by atoms with Gasteiger partial charge in [-0.25, -0.2) is 0 Å². The zero-order valence-corrected chi connectivity index (χ0v) is 11.2. The predicted octanol–water partition coefficient (Wildman–Crippen LogP) is 3.92. The largest absolute Gasteiger partial charge is 0.389 e. The molecule has 0 aliphatic heterocycles. The van der Waals surface area contributed by atoms with Gasteiger partial charge in [0.2, 0.25) is 0 Å². The third-order valence-corrected chi connectivity index (χ3v) is 5.50. The number of allylic oxidation sites excluding steroid dienone is 2. The summed E-state index contributed by atoms with van der Waals surface area (Å²) in [6.45, 7) is 8.71. The number of hydrogen-bond donors (Lipinski definition) is 1. The van der Waals surface area contributed by atoms with E-state index in [1.165, 1.54) is 24.8 Å². The first-order valence-electron chi connectivity index (χ1n) is 6.73. The van der Waals surface area contributed by atoms with Gasteiger partial charge in [0.1, 0.15) is 0 Å². The molecule has 0 spiro atoms. The lowest BCUT2D eigenvalue weighted by Crippen LogP contribution is -2.48. The molecule has 2 rings (SSSR count). The van der Waals surface area contributed by atoms with E-state index in [1.54, 1.807) is 0 Å². The van der Waals surface area contributed by atoms with Crippen LogP contribution in [0.1, 0.15) is 59.8 Å². The minimum Gasteiger partial charge on any atom is -0.389 e. The molecular weight excluding hydrogens is 196 g/mol. The van der Waals surface area contributed by atoms with Crippen LogP contribution in [0.2, 0.25) is 0 Å². The molecule has 0 radical (unpaired) electrons. The topological polar surface area (TPSA) is 20.2 Å². The van der Waals surface area contributed by atoms with Crippen molar-refractivity contribution in [3.05, 3.63) is 11.6 Å². The van der Waals surface area contributed by atoms with Crippen molar-refractivity contribution >= 4 is 0 Å². The molecule has 2 aliphatic carbocycles. The maximum atomic E-state index is 10.7. The molecular formula is C15H26O. The van der Waals surface area contributed by atoms with Crippen LogP contribution < -0.4 is 0 Å². The zero-order valence-electron chi connectivity index (χ0n) is 11.2. The molecule has 0 amide bonds. The van der Waals surface area contributed by atoms with Crippen LogP contribution in [0, 0.1) is 17.3 Å². The summed E-state index contributed by atoms with van der Waals surface area (Å²) in [5, 5.41) is 10.7. The Bertz CT molecular complexity index is 299. The van der Waals surface area contributed by atoms with Gasteiger partial charge in [-0.1, -0.05) is 18.6 Å². The van der Waals surface area contributed by atoms with Gasteiger partial charge in [0.05, 0.1) is 5.60 Å². The highest BCUT2D eigenvalue weighted by Crippen LogP contribution is 2.63. The van der Waals surface area contributed by atoms with E-state index in [0.717, 1.165) is 18.8 Å². The first-order valence-corrected chi connectivity index (χ1v) is 6.73. The Balaban J connectivity index is 2.09. The maximum absolute atomic E-state index is 10.7. The lowest BCUT2D eigenvalue weighted by atomic mass is 9.63. The molecule has 0 aromatic carbocycles. The third-order valence-electron chi connectivity index (χ3n) is 5.50. The number of aliphatic hydroxyl groups is 1. The fraction of sp³-hybridized carbons (Fsp3) is 0.867. The van der Waals surface area contributed by atoms with Crippen molar-refractivity contribution < 1.29 is 5.11 Å². The normalized spacial score (nSPS) is 46.1. The lowest BCUT2D eigenvalue weighted by Gasteiger charge is -2.46. The van der Waals surface area contributed by atoms with Crippen molar-refractivity contribution in [3.63, 3.8) is 0 Å². The summed E-state index contributed by atoms with van der Waals surface area (Å²) >= 11 is 0. The summed E-state index contributed by atoms with van der Waals surface area (Å²) in [6.07, 6.45) is 8.43. The molecule has 0 unspecified atom stereocenters. The highest BCUT2D eigenvalue weighted by Gasteiger charge is 2.61. The van der Waals surface area contributed by atoms with Crippen LogP contribution in [0.15, 0.2) is 11.6 Å². The molecule has 0 aromatic heterocycles. The van der Waals surface area contributed by atoms with Gasteiger partial charge in [-0.05, 0) is 70.1 Å². The van der Waals surface area contributed by atoms with E-state index in [4.69, 9.17) is 0 Å². The standard InChI is InChI=1S/C15H26O/c1-11(2)6-5-9-14(3)12-7-8-13(10-12)15(14,4)16/h6,12-13,16H,5,7-10H2,1-4H3/t12-,13+,14+,15-/m0/s1. The van der Waals surface area contributed by atoms with Crippen molar-refractivity contribution in [1.29, 1.82) is 0 Å². The van der Waals surface area contributed by atoms with Crippen molar-refractivity contribution in [3.8, 4) is 0 Å². The van der Waals surface area contributed by atoms with Gasteiger partial charge in [-0.3, -0.25) is 0 Å². The Hall–Kier alpha value is -0.300. The zero-order chi connectivity index (χ0) is 12.0. The Morgan fingerprint density at radius 3 is 2.38 bits per heavy atom. The van der Waals surface area contributed by atoms with Crippen molar-refractivity contribution in [2.24, 2.45) is 17.3 Å². The Labute approximate surface area is 99.9 Å². The summed E-state index contributed by atoms with van der Waals surface area (Å²) in [5.41, 5.74) is 1.12. The molecule has 1 nitrogen and oxygen atoms in total. The molecule has 2 saturated carbocycles. The second-order valence-electron chi connectivity index (χ2n) is 6.59. The van der Waals surface area contributed by atoms with Gasteiger partial charge in [0, 0.05) is 0 Å². The average molecular weight is 222 g/mol. The summed E-state index contributed by atoms with van der Waals surface area (Å²) in [4.78, 5) is 0. The first-order chi connectivity index (χ1) is 7.38. The second-order valence-corrected chi connectivity index (χ2v) is 6.59. The molecule has 2 fully saturated rings. The van der Waals surface area contributed by atoms with Crippen LogP contribution in [0.25, 0.3) is 0 Å². The molecule has 1 N–H and O–H groups in total. The van der Waals surface area contributed by atoms with E-state index in [1.807, 2.05) is 0 Å². The Morgan fingerprint density at radius 1 is 1.25 bits per heavy atom. The summed E-state index contributed by atoms with van der Waals surface area (Å²) in [5.74, 6) is 1.33. The van der Waals surface area contributed by atoms with Crippen molar-refractivity contribution in [2.75, 3.05) is 0 Å². The number of fused-ring (bicyclic) bond motifs is 2. The maximum Gasteiger partial charge on any atom is 0.0703 e. The van der Waals surface area contributed by atoms with Gasteiger partial charge in [-0.15, -0.1) is 0 Å². The van der Waals surface area contributed by atoms with Crippen LogP contribution in [-0.2, 0) is 0 Å². The molecule has 0 aromatic rings. The Morgan fingerprint density at radius 2 is 1.88 bits per heavy atom. The SMILES string of the molecule is CC(C)=CCC[C@]1(C)[C@H]2CC[C@H](C2)[C@]1(C)O. The highest BCUT2D eigenvalue weighted by atomic mass is 16.3. The molecule has 0 heterocycles. The van der Waals surface area contributed by atoms with Gasteiger partial charge in [-0.2, -0.15) is 0 Å². The quantitative estimate of drug-likeness (QED) is 0.718. The first kappa shape index (κ1) is 12.2. The molecule has 2 bridgehead atoms. The van der Waals surface area contributed by atoms with Gasteiger partial charge < -0.3 is 5.11 Å². The molecule has 2 aliphatic rings. The number of hydrogen-bond acceptors (Lipinski definition) is 1. The summed E-state index contributed by atoms with van der Waals surface area (Å²) in [6, 6.07) is 0. The fourth-order valence-corrected chi connectivity index (χ4v) is 4.07.